The number of carbonyl (C=O) groups excluding carboxylic acids is 1. The maximum atomic E-state index is 14.8. The van der Waals surface area contributed by atoms with Gasteiger partial charge in [0.15, 0.2) is 23.5 Å². The number of hydrogen-bond donors (Lipinski definition) is 0. The predicted octanol–water partition coefficient (Wildman–Crippen LogP) is 5.80. The molecule has 4 aliphatic rings. The summed E-state index contributed by atoms with van der Waals surface area (Å²) in [6.07, 6.45) is 4.75. The molecule has 1 spiro atoms. The highest BCUT2D eigenvalue weighted by atomic mass is 16.7. The molecule has 0 N–H and O–H groups in total. The van der Waals surface area contributed by atoms with Crippen LogP contribution in [0, 0.1) is 11.3 Å². The van der Waals surface area contributed by atoms with Crippen LogP contribution in [-0.2, 0) is 16.1 Å². The standard InChI is InChI=1S/C33H33N3O5/c1-4-14-32-19-33(36(31(32)37)18-22-8-13-27-28(16-22)40-20-39-27)29(35-30(41-33)26-7-5-6-15-34-26)17-25(21(32)2)23-9-11-24(38-3)12-10-23/h4-13,15-16,21,25,30H,1,14,17-20H2,2-3H3/t21-,25+,30-,32+,33+/m1/s1. The Bertz CT molecular complexity index is 1520. The number of amides is 1. The van der Waals surface area contributed by atoms with Crippen molar-refractivity contribution in [2.75, 3.05) is 13.9 Å². The Labute approximate surface area is 239 Å². The largest absolute Gasteiger partial charge is 0.497 e. The third-order valence-corrected chi connectivity index (χ3v) is 9.35. The van der Waals surface area contributed by atoms with Crippen molar-refractivity contribution in [2.24, 2.45) is 16.3 Å². The molecule has 3 aliphatic heterocycles. The first-order chi connectivity index (χ1) is 20.0. The highest BCUT2D eigenvalue weighted by Crippen LogP contribution is 2.61. The molecule has 1 aromatic heterocycles. The number of aliphatic imine (C=N–C) groups is 1. The maximum Gasteiger partial charge on any atom is 0.232 e. The van der Waals surface area contributed by atoms with E-state index in [2.05, 4.69) is 30.6 Å². The fraction of sp³-hybridized carbons (Fsp3) is 0.364. The summed E-state index contributed by atoms with van der Waals surface area (Å²) >= 11 is 0. The van der Waals surface area contributed by atoms with Crippen LogP contribution in [0.15, 0.2) is 84.5 Å². The van der Waals surface area contributed by atoms with Crippen LogP contribution in [-0.4, -0.2) is 41.1 Å². The van der Waals surface area contributed by atoms with Crippen molar-refractivity contribution in [3.05, 3.63) is 96.3 Å². The summed E-state index contributed by atoms with van der Waals surface area (Å²) < 4.78 is 23.5. The molecular formula is C33H33N3O5. The molecule has 1 saturated heterocycles. The summed E-state index contributed by atoms with van der Waals surface area (Å²) in [4.78, 5) is 26.5. The number of likely N-dealkylation sites (tertiary alicyclic amines) is 1. The molecule has 8 heteroatoms. The number of aromatic nitrogens is 1. The molecule has 41 heavy (non-hydrogen) atoms. The summed E-state index contributed by atoms with van der Waals surface area (Å²) in [5.74, 6) is 2.33. The normalized spacial score (nSPS) is 29.6. The van der Waals surface area contributed by atoms with Gasteiger partial charge in [0.1, 0.15) is 5.75 Å². The third-order valence-electron chi connectivity index (χ3n) is 9.35. The first kappa shape index (κ1) is 25.8. The van der Waals surface area contributed by atoms with Crippen LogP contribution in [0.1, 0.15) is 55.2 Å². The fourth-order valence-corrected chi connectivity index (χ4v) is 7.18. The van der Waals surface area contributed by atoms with Crippen LogP contribution in [0.3, 0.4) is 0 Å². The minimum absolute atomic E-state index is 0.00484. The van der Waals surface area contributed by atoms with E-state index in [1.165, 1.54) is 0 Å². The van der Waals surface area contributed by atoms with Crippen LogP contribution in [0.25, 0.3) is 0 Å². The fourth-order valence-electron chi connectivity index (χ4n) is 7.18. The Morgan fingerprint density at radius 3 is 2.71 bits per heavy atom. The number of fused-ring (bicyclic) bond motifs is 2. The van der Waals surface area contributed by atoms with E-state index in [1.807, 2.05) is 59.5 Å². The van der Waals surface area contributed by atoms with Crippen LogP contribution in [0.2, 0.25) is 0 Å². The smallest absolute Gasteiger partial charge is 0.232 e. The molecule has 0 unspecified atom stereocenters. The number of pyridine rings is 1. The first-order valence-corrected chi connectivity index (χ1v) is 14.1. The number of methoxy groups -OCH3 is 1. The van der Waals surface area contributed by atoms with E-state index in [4.69, 9.17) is 23.9 Å². The van der Waals surface area contributed by atoms with E-state index in [0.29, 0.717) is 37.3 Å². The summed E-state index contributed by atoms with van der Waals surface area (Å²) in [7, 11) is 1.67. The van der Waals surface area contributed by atoms with Gasteiger partial charge in [-0.15, -0.1) is 6.58 Å². The highest BCUT2D eigenvalue weighted by molar-refractivity contribution is 6.03. The predicted molar refractivity (Wildman–Crippen MR) is 153 cm³/mol. The number of allylic oxidation sites excluding steroid dienone is 1. The molecule has 5 atom stereocenters. The topological polar surface area (TPSA) is 82.5 Å². The van der Waals surface area contributed by atoms with E-state index >= 15 is 0 Å². The molecule has 4 heterocycles. The van der Waals surface area contributed by atoms with Gasteiger partial charge in [-0.2, -0.15) is 0 Å². The number of rotatable bonds is 7. The molecule has 210 valence electrons. The number of benzene rings is 2. The van der Waals surface area contributed by atoms with E-state index in [9.17, 15) is 4.79 Å². The Kier molecular flexibility index (Phi) is 6.12. The Morgan fingerprint density at radius 1 is 1.12 bits per heavy atom. The zero-order chi connectivity index (χ0) is 28.2. The quantitative estimate of drug-likeness (QED) is 0.345. The number of ether oxygens (including phenoxy) is 4. The summed E-state index contributed by atoms with van der Waals surface area (Å²) in [6.45, 7) is 6.84. The van der Waals surface area contributed by atoms with Gasteiger partial charge in [-0.25, -0.2) is 0 Å². The lowest BCUT2D eigenvalue weighted by Crippen LogP contribution is -2.52. The average molecular weight is 552 g/mol. The molecule has 3 aromatic rings. The number of nitrogens with zero attached hydrogens (tertiary/aromatic N) is 3. The van der Waals surface area contributed by atoms with E-state index in [1.54, 1.807) is 13.3 Å². The van der Waals surface area contributed by atoms with Crippen molar-refractivity contribution in [3.8, 4) is 17.2 Å². The molecule has 0 radical (unpaired) electrons. The Morgan fingerprint density at radius 2 is 1.95 bits per heavy atom. The summed E-state index contributed by atoms with van der Waals surface area (Å²) in [6, 6.07) is 19.8. The van der Waals surface area contributed by atoms with Crippen LogP contribution in [0.4, 0.5) is 0 Å². The first-order valence-electron chi connectivity index (χ1n) is 14.1. The maximum absolute atomic E-state index is 14.8. The van der Waals surface area contributed by atoms with Crippen LogP contribution < -0.4 is 14.2 Å². The molecule has 2 aromatic carbocycles. The minimum Gasteiger partial charge on any atom is -0.497 e. The van der Waals surface area contributed by atoms with Gasteiger partial charge < -0.3 is 23.8 Å². The summed E-state index contributed by atoms with van der Waals surface area (Å²) in [5, 5.41) is 0. The van der Waals surface area contributed by atoms with Gasteiger partial charge in [0, 0.05) is 19.2 Å². The minimum atomic E-state index is -0.992. The molecule has 2 fully saturated rings. The lowest BCUT2D eigenvalue weighted by Gasteiger charge is -2.40. The van der Waals surface area contributed by atoms with Gasteiger partial charge >= 0.3 is 0 Å². The molecule has 8 nitrogen and oxygen atoms in total. The number of hydrogen-bond acceptors (Lipinski definition) is 7. The molecule has 1 saturated carbocycles. The van der Waals surface area contributed by atoms with Crippen molar-refractivity contribution in [1.82, 2.24) is 9.88 Å². The van der Waals surface area contributed by atoms with E-state index in [0.717, 1.165) is 28.3 Å². The molecule has 2 bridgehead atoms. The van der Waals surface area contributed by atoms with Gasteiger partial charge in [-0.3, -0.25) is 14.8 Å². The molecule has 1 amide bonds. The zero-order valence-corrected chi connectivity index (χ0v) is 23.3. The van der Waals surface area contributed by atoms with Crippen molar-refractivity contribution in [3.63, 3.8) is 0 Å². The highest BCUT2D eigenvalue weighted by Gasteiger charge is 2.68. The van der Waals surface area contributed by atoms with Gasteiger partial charge in [-0.1, -0.05) is 37.3 Å². The number of carbonyl (C=O) groups is 1. The van der Waals surface area contributed by atoms with Crippen molar-refractivity contribution in [2.45, 2.75) is 50.6 Å². The average Bonchev–Trinajstić information content (AvgIpc) is 3.66. The van der Waals surface area contributed by atoms with Gasteiger partial charge in [0.05, 0.1) is 23.9 Å². The van der Waals surface area contributed by atoms with Crippen molar-refractivity contribution in [1.29, 1.82) is 0 Å². The van der Waals surface area contributed by atoms with Gasteiger partial charge in [-0.05, 0) is 72.2 Å². The summed E-state index contributed by atoms with van der Waals surface area (Å²) in [5.41, 5.74) is 2.02. The van der Waals surface area contributed by atoms with E-state index in [-0.39, 0.29) is 24.5 Å². The van der Waals surface area contributed by atoms with Crippen molar-refractivity contribution < 1.29 is 23.7 Å². The third kappa shape index (κ3) is 3.95. The second kappa shape index (κ2) is 9.73. The van der Waals surface area contributed by atoms with Gasteiger partial charge in [0.2, 0.25) is 12.7 Å². The second-order valence-electron chi connectivity index (χ2n) is 11.4. The lowest BCUT2D eigenvalue weighted by molar-refractivity contribution is -0.153. The molecule has 7 rings (SSSR count). The lowest BCUT2D eigenvalue weighted by atomic mass is 9.66. The Balaban J connectivity index is 1.35. The van der Waals surface area contributed by atoms with Crippen molar-refractivity contribution >= 4 is 11.6 Å². The SMILES string of the molecule is C=CC[C@]12C[C@@]3(O[C@H](c4ccccn4)N=C3C[C@H](c3ccc(OC)cc3)[C@H]1C)N(Cc1ccc3c(c1)OCO3)C2=O. The second-order valence-corrected chi connectivity index (χ2v) is 11.4. The zero-order valence-electron chi connectivity index (χ0n) is 23.3. The van der Waals surface area contributed by atoms with Gasteiger partial charge in [0.25, 0.3) is 0 Å². The van der Waals surface area contributed by atoms with Crippen LogP contribution in [0.5, 0.6) is 17.2 Å². The Hall–Kier alpha value is -4.17. The van der Waals surface area contributed by atoms with Crippen LogP contribution >= 0.6 is 0 Å². The molecular weight excluding hydrogens is 518 g/mol. The molecule has 1 aliphatic carbocycles. The monoisotopic (exact) mass is 551 g/mol. The van der Waals surface area contributed by atoms with E-state index < -0.39 is 17.4 Å².